The third-order valence-electron chi connectivity index (χ3n) is 3.71. The molecule has 0 radical (unpaired) electrons. The van der Waals surface area contributed by atoms with E-state index in [1.54, 1.807) is 27.4 Å². The first kappa shape index (κ1) is 14.9. The summed E-state index contributed by atoms with van der Waals surface area (Å²) in [5, 5.41) is 0. The van der Waals surface area contributed by atoms with Crippen molar-refractivity contribution in [2.24, 2.45) is 4.99 Å². The number of nitrogens with zero attached hydrogens (tertiary/aromatic N) is 1. The van der Waals surface area contributed by atoms with E-state index in [1.165, 1.54) is 0 Å². The maximum Gasteiger partial charge on any atom is 0.235 e. The summed E-state index contributed by atoms with van der Waals surface area (Å²) in [7, 11) is 4.70. The van der Waals surface area contributed by atoms with E-state index in [1.807, 2.05) is 6.07 Å². The molecule has 1 aromatic carbocycles. The zero-order valence-corrected chi connectivity index (χ0v) is 13.2. The van der Waals surface area contributed by atoms with Gasteiger partial charge >= 0.3 is 0 Å². The van der Waals surface area contributed by atoms with E-state index in [2.05, 4.69) is 20.9 Å². The molecule has 108 valence electrons. The monoisotopic (exact) mass is 341 g/mol. The van der Waals surface area contributed by atoms with Gasteiger partial charge in [0.2, 0.25) is 6.08 Å². The van der Waals surface area contributed by atoms with E-state index in [4.69, 9.17) is 14.2 Å². The first-order chi connectivity index (χ1) is 9.63. The fraction of sp³-hybridized carbons (Fsp3) is 0.500. The molecule has 0 amide bonds. The van der Waals surface area contributed by atoms with Crippen molar-refractivity contribution in [1.29, 1.82) is 0 Å². The molecule has 0 bridgehead atoms. The lowest BCUT2D eigenvalue weighted by Crippen LogP contribution is -2.32. The molecule has 1 saturated carbocycles. The molecule has 5 nitrogen and oxygen atoms in total. The number of aliphatic imine (C=N–C) groups is 1. The fourth-order valence-corrected chi connectivity index (χ4v) is 3.25. The topological polar surface area (TPSA) is 57.1 Å². The Kier molecular flexibility index (Phi) is 4.35. The van der Waals surface area contributed by atoms with Crippen LogP contribution < -0.4 is 14.2 Å². The van der Waals surface area contributed by atoms with Crippen LogP contribution in [0.15, 0.2) is 15.5 Å². The number of hydrogen-bond donors (Lipinski definition) is 0. The minimum Gasteiger partial charge on any atom is -0.495 e. The van der Waals surface area contributed by atoms with E-state index in [-0.39, 0.29) is 0 Å². The summed E-state index contributed by atoms with van der Waals surface area (Å²) in [5.41, 5.74) is 0.258. The summed E-state index contributed by atoms with van der Waals surface area (Å²) in [6.45, 7) is 0. The lowest BCUT2D eigenvalue weighted by Gasteiger charge is -2.38. The molecule has 0 saturated heterocycles. The molecule has 0 heterocycles. The van der Waals surface area contributed by atoms with Crippen molar-refractivity contribution in [3.63, 3.8) is 0 Å². The van der Waals surface area contributed by atoms with Gasteiger partial charge in [0.05, 0.1) is 21.3 Å². The number of carbonyl (C=O) groups excluding carboxylic acids is 1. The first-order valence-corrected chi connectivity index (χ1v) is 7.00. The molecule has 0 N–H and O–H groups in total. The van der Waals surface area contributed by atoms with Crippen LogP contribution in [0.25, 0.3) is 0 Å². The minimum absolute atomic E-state index is 0.553. The van der Waals surface area contributed by atoms with Crippen molar-refractivity contribution in [2.45, 2.75) is 24.8 Å². The molecule has 1 aliphatic carbocycles. The van der Waals surface area contributed by atoms with Gasteiger partial charge in [0.25, 0.3) is 0 Å². The lowest BCUT2D eigenvalue weighted by atomic mass is 9.72. The van der Waals surface area contributed by atoms with Gasteiger partial charge in [-0.15, -0.1) is 0 Å². The second kappa shape index (κ2) is 5.85. The molecule has 0 aliphatic heterocycles. The third-order valence-corrected chi connectivity index (χ3v) is 4.43. The van der Waals surface area contributed by atoms with Crippen LogP contribution in [-0.2, 0) is 10.3 Å². The average Bonchev–Trinajstić information content (AvgIpc) is 2.41. The predicted molar refractivity (Wildman–Crippen MR) is 77.4 cm³/mol. The number of hydrogen-bond acceptors (Lipinski definition) is 5. The van der Waals surface area contributed by atoms with Crippen LogP contribution in [0.5, 0.6) is 17.2 Å². The average molecular weight is 342 g/mol. The predicted octanol–water partition coefficient (Wildman–Crippen LogP) is 3.19. The highest BCUT2D eigenvalue weighted by Gasteiger charge is 2.42. The van der Waals surface area contributed by atoms with Crippen LogP contribution in [0, 0.1) is 0 Å². The van der Waals surface area contributed by atoms with Gasteiger partial charge in [0.1, 0.15) is 15.8 Å². The van der Waals surface area contributed by atoms with Crippen LogP contribution in [0.2, 0.25) is 0 Å². The molecule has 6 heteroatoms. The summed E-state index contributed by atoms with van der Waals surface area (Å²) < 4.78 is 16.8. The van der Waals surface area contributed by atoms with Crippen molar-refractivity contribution in [3.05, 3.63) is 16.1 Å². The molecule has 1 aliphatic rings. The molecule has 1 fully saturated rings. The fourth-order valence-electron chi connectivity index (χ4n) is 2.52. The standard InChI is InChI=1S/C14H16BrNO4/c1-18-10-7-9(14(16-8-17)5-4-6-14)12(19-2)11(15)13(10)20-3/h7H,4-6H2,1-3H3. The summed E-state index contributed by atoms with van der Waals surface area (Å²) in [5.74, 6) is 1.74. The highest BCUT2D eigenvalue weighted by atomic mass is 79.9. The van der Waals surface area contributed by atoms with Crippen molar-refractivity contribution in [2.75, 3.05) is 21.3 Å². The number of rotatable bonds is 5. The zero-order valence-electron chi connectivity index (χ0n) is 11.7. The van der Waals surface area contributed by atoms with Crippen LogP contribution in [0.1, 0.15) is 24.8 Å². The molecule has 20 heavy (non-hydrogen) atoms. The highest BCUT2D eigenvalue weighted by molar-refractivity contribution is 9.10. The maximum atomic E-state index is 10.7. The molecule has 2 rings (SSSR count). The number of ether oxygens (including phenoxy) is 3. The van der Waals surface area contributed by atoms with Crippen LogP contribution in [-0.4, -0.2) is 27.4 Å². The van der Waals surface area contributed by atoms with E-state index in [0.29, 0.717) is 21.7 Å². The Bertz CT molecular complexity index is 563. The number of isocyanates is 1. The molecule has 0 unspecified atom stereocenters. The highest BCUT2D eigenvalue weighted by Crippen LogP contribution is 2.54. The summed E-state index contributed by atoms with van der Waals surface area (Å²) in [4.78, 5) is 14.8. The second-order valence-electron chi connectivity index (χ2n) is 4.60. The van der Waals surface area contributed by atoms with Crippen molar-refractivity contribution < 1.29 is 19.0 Å². The second-order valence-corrected chi connectivity index (χ2v) is 5.39. The van der Waals surface area contributed by atoms with Crippen LogP contribution >= 0.6 is 15.9 Å². The molecule has 0 aromatic heterocycles. The van der Waals surface area contributed by atoms with Gasteiger partial charge in [0, 0.05) is 5.56 Å². The quantitative estimate of drug-likeness (QED) is 0.609. The first-order valence-electron chi connectivity index (χ1n) is 6.21. The summed E-state index contributed by atoms with van der Waals surface area (Å²) >= 11 is 3.47. The lowest BCUT2D eigenvalue weighted by molar-refractivity contribution is 0.243. The van der Waals surface area contributed by atoms with Gasteiger partial charge in [0.15, 0.2) is 11.5 Å². The number of methoxy groups -OCH3 is 3. The SMILES string of the molecule is COc1cc(C2(N=C=O)CCC2)c(OC)c(Br)c1OC. The minimum atomic E-state index is -0.560. The Labute approximate surface area is 126 Å². The Morgan fingerprint density at radius 2 is 1.85 bits per heavy atom. The van der Waals surface area contributed by atoms with Crippen molar-refractivity contribution in [1.82, 2.24) is 0 Å². The molecule has 1 aromatic rings. The summed E-state index contributed by atoms with van der Waals surface area (Å²) in [6, 6.07) is 1.82. The van der Waals surface area contributed by atoms with Crippen molar-refractivity contribution in [3.8, 4) is 17.2 Å². The molecule has 0 spiro atoms. The molecular weight excluding hydrogens is 326 g/mol. The number of halogens is 1. The van der Waals surface area contributed by atoms with Crippen LogP contribution in [0.3, 0.4) is 0 Å². The zero-order chi connectivity index (χ0) is 14.8. The third kappa shape index (κ3) is 2.19. The maximum absolute atomic E-state index is 10.7. The largest absolute Gasteiger partial charge is 0.495 e. The summed E-state index contributed by atoms with van der Waals surface area (Å²) in [6.07, 6.45) is 4.28. The van der Waals surface area contributed by atoms with Gasteiger partial charge in [-0.3, -0.25) is 0 Å². The normalized spacial score (nSPS) is 15.8. The van der Waals surface area contributed by atoms with Gasteiger partial charge in [-0.1, -0.05) is 0 Å². The Hall–Kier alpha value is -1.52. The Balaban J connectivity index is 2.69. The van der Waals surface area contributed by atoms with E-state index in [0.717, 1.165) is 24.8 Å². The number of benzene rings is 1. The van der Waals surface area contributed by atoms with Crippen molar-refractivity contribution >= 4 is 22.0 Å². The van der Waals surface area contributed by atoms with Crippen LogP contribution in [0.4, 0.5) is 0 Å². The van der Waals surface area contributed by atoms with Gasteiger partial charge in [-0.2, -0.15) is 4.99 Å². The molecule has 0 atom stereocenters. The Morgan fingerprint density at radius 1 is 1.20 bits per heavy atom. The molecular formula is C14H16BrNO4. The van der Waals surface area contributed by atoms with E-state index in [9.17, 15) is 4.79 Å². The van der Waals surface area contributed by atoms with Gasteiger partial charge in [-0.25, -0.2) is 4.79 Å². The van der Waals surface area contributed by atoms with E-state index >= 15 is 0 Å². The smallest absolute Gasteiger partial charge is 0.235 e. The van der Waals surface area contributed by atoms with E-state index < -0.39 is 5.54 Å². The van der Waals surface area contributed by atoms with Gasteiger partial charge in [-0.05, 0) is 41.3 Å². The van der Waals surface area contributed by atoms with Gasteiger partial charge < -0.3 is 14.2 Å². The Morgan fingerprint density at radius 3 is 2.25 bits per heavy atom.